The monoisotopic (exact) mass is 377 g/mol. The van der Waals surface area contributed by atoms with Crippen molar-refractivity contribution in [1.29, 1.82) is 0 Å². The van der Waals surface area contributed by atoms with E-state index in [0.717, 1.165) is 17.5 Å². The molecule has 0 aromatic heterocycles. The maximum atomic E-state index is 12.3. The number of anilines is 1. The summed E-state index contributed by atoms with van der Waals surface area (Å²) in [6, 6.07) is 1.91. The summed E-state index contributed by atoms with van der Waals surface area (Å²) in [5, 5.41) is 0.116. The first kappa shape index (κ1) is 20.6. The van der Waals surface area contributed by atoms with Crippen LogP contribution in [0.3, 0.4) is 0 Å². The lowest BCUT2D eigenvalue weighted by molar-refractivity contribution is -0.116. The Morgan fingerprint density at radius 1 is 1.23 bits per heavy atom. The van der Waals surface area contributed by atoms with Gasteiger partial charge >= 0.3 is 0 Å². The molecule has 0 aliphatic carbocycles. The second-order valence-electron chi connectivity index (χ2n) is 8.47. The third kappa shape index (κ3) is 3.71. The van der Waals surface area contributed by atoms with Crippen LogP contribution in [0.2, 0.25) is 18.1 Å². The highest BCUT2D eigenvalue weighted by molar-refractivity contribution is 6.74. The van der Waals surface area contributed by atoms with Gasteiger partial charge in [-0.2, -0.15) is 0 Å². The Bertz CT molecular complexity index is 734. The molecule has 1 aliphatic heterocycles. The summed E-state index contributed by atoms with van der Waals surface area (Å²) in [5.74, 6) is 0.358. The zero-order valence-electron chi connectivity index (χ0n) is 17.3. The van der Waals surface area contributed by atoms with Gasteiger partial charge in [0.05, 0.1) is 25.0 Å². The van der Waals surface area contributed by atoms with Crippen LogP contribution < -0.4 is 9.64 Å². The molecule has 0 unspecified atom stereocenters. The van der Waals surface area contributed by atoms with Gasteiger partial charge in [0.1, 0.15) is 5.75 Å². The van der Waals surface area contributed by atoms with Gasteiger partial charge in [-0.05, 0) is 48.7 Å². The number of ketones is 1. The quantitative estimate of drug-likeness (QED) is 0.566. The van der Waals surface area contributed by atoms with Gasteiger partial charge in [0.15, 0.2) is 14.1 Å². The Labute approximate surface area is 157 Å². The van der Waals surface area contributed by atoms with Crippen molar-refractivity contribution >= 4 is 25.7 Å². The van der Waals surface area contributed by atoms with Crippen molar-refractivity contribution in [1.82, 2.24) is 0 Å². The summed E-state index contributed by atoms with van der Waals surface area (Å²) in [7, 11) is -0.355. The van der Waals surface area contributed by atoms with E-state index in [1.807, 2.05) is 6.07 Å². The number of hydrogen-bond donors (Lipinski definition) is 0. The molecule has 0 radical (unpaired) electrons. The molecule has 5 nitrogen and oxygen atoms in total. The highest BCUT2D eigenvalue weighted by Crippen LogP contribution is 2.42. The molecule has 6 heteroatoms. The minimum Gasteiger partial charge on any atom is -0.496 e. The number of hydrogen-bond acceptors (Lipinski definition) is 4. The summed E-state index contributed by atoms with van der Waals surface area (Å²) in [6.45, 7) is 15.2. The van der Waals surface area contributed by atoms with E-state index in [-0.39, 0.29) is 16.7 Å². The van der Waals surface area contributed by atoms with Gasteiger partial charge in [0, 0.05) is 13.5 Å². The minimum atomic E-state index is -1.91. The molecule has 0 saturated carbocycles. The van der Waals surface area contributed by atoms with Crippen LogP contribution in [0, 0.1) is 0 Å². The van der Waals surface area contributed by atoms with Gasteiger partial charge < -0.3 is 14.1 Å². The number of benzene rings is 1. The van der Waals surface area contributed by atoms with Gasteiger partial charge in [-0.15, -0.1) is 0 Å². The van der Waals surface area contributed by atoms with Crippen molar-refractivity contribution in [3.63, 3.8) is 0 Å². The fraction of sp³-hybridized carbons (Fsp3) is 0.600. The molecule has 0 fully saturated rings. The fourth-order valence-electron chi connectivity index (χ4n) is 3.07. The zero-order valence-corrected chi connectivity index (χ0v) is 18.3. The van der Waals surface area contributed by atoms with Crippen molar-refractivity contribution in [2.24, 2.45) is 0 Å². The average molecular weight is 378 g/mol. The van der Waals surface area contributed by atoms with Crippen molar-refractivity contribution in [2.75, 3.05) is 18.6 Å². The van der Waals surface area contributed by atoms with Crippen molar-refractivity contribution in [3.05, 3.63) is 22.8 Å². The maximum absolute atomic E-state index is 12.3. The van der Waals surface area contributed by atoms with Gasteiger partial charge in [-0.25, -0.2) is 0 Å². The van der Waals surface area contributed by atoms with E-state index in [0.29, 0.717) is 30.2 Å². The molecule has 0 spiro atoms. The Hall–Kier alpha value is -1.66. The van der Waals surface area contributed by atoms with E-state index in [1.165, 1.54) is 13.8 Å². The lowest BCUT2D eigenvalue weighted by Crippen LogP contribution is -2.40. The second kappa shape index (κ2) is 7.16. The molecule has 0 saturated heterocycles. The standard InChI is InChI=1S/C20H31NO4Si/c1-13(22)18-17(24-6)11-15(12-25-26(7,8)20(3,4)5)16-9-10-21(14(2)23)19(16)18/h11H,9-10,12H2,1-8H3. The summed E-state index contributed by atoms with van der Waals surface area (Å²) in [5.41, 5.74) is 3.24. The molecule has 2 rings (SSSR count). The second-order valence-corrected chi connectivity index (χ2v) is 13.3. The first-order valence-corrected chi connectivity index (χ1v) is 12.0. The van der Waals surface area contributed by atoms with E-state index in [1.54, 1.807) is 12.0 Å². The van der Waals surface area contributed by atoms with Crippen LogP contribution in [0.1, 0.15) is 56.1 Å². The van der Waals surface area contributed by atoms with E-state index in [9.17, 15) is 9.59 Å². The van der Waals surface area contributed by atoms with Crippen LogP contribution in [0.15, 0.2) is 6.07 Å². The molecule has 1 heterocycles. The molecule has 0 bridgehead atoms. The van der Waals surface area contributed by atoms with Gasteiger partial charge in [-0.3, -0.25) is 9.59 Å². The van der Waals surface area contributed by atoms with Crippen LogP contribution in [0.5, 0.6) is 5.75 Å². The highest BCUT2D eigenvalue weighted by Gasteiger charge is 2.38. The Balaban J connectivity index is 2.53. The van der Waals surface area contributed by atoms with E-state index in [4.69, 9.17) is 9.16 Å². The Morgan fingerprint density at radius 3 is 2.31 bits per heavy atom. The number of nitrogens with zero attached hydrogens (tertiary/aromatic N) is 1. The van der Waals surface area contributed by atoms with Crippen molar-refractivity contribution in [2.45, 2.75) is 65.8 Å². The summed E-state index contributed by atoms with van der Waals surface area (Å²) >= 11 is 0. The molecule has 1 aromatic rings. The predicted molar refractivity (Wildman–Crippen MR) is 107 cm³/mol. The lowest BCUT2D eigenvalue weighted by Gasteiger charge is -2.36. The normalized spacial score (nSPS) is 14.4. The third-order valence-corrected chi connectivity index (χ3v) is 10.1. The number of amides is 1. The van der Waals surface area contributed by atoms with Crippen molar-refractivity contribution in [3.8, 4) is 5.75 Å². The minimum absolute atomic E-state index is 0.0595. The summed E-state index contributed by atoms with van der Waals surface area (Å²) < 4.78 is 11.9. The molecule has 144 valence electrons. The molecule has 1 aliphatic rings. The summed E-state index contributed by atoms with van der Waals surface area (Å²) in [4.78, 5) is 26.0. The van der Waals surface area contributed by atoms with Crippen LogP contribution in [0.4, 0.5) is 5.69 Å². The first-order valence-electron chi connectivity index (χ1n) is 9.06. The smallest absolute Gasteiger partial charge is 0.223 e. The van der Waals surface area contributed by atoms with Gasteiger partial charge in [0.2, 0.25) is 5.91 Å². The number of Topliss-reactive ketones (excluding diaryl/α,β-unsaturated/α-hetero) is 1. The van der Waals surface area contributed by atoms with Crippen LogP contribution in [0.25, 0.3) is 0 Å². The van der Waals surface area contributed by atoms with E-state index < -0.39 is 8.32 Å². The molecule has 1 amide bonds. The number of methoxy groups -OCH3 is 1. The molecule has 0 N–H and O–H groups in total. The predicted octanol–water partition coefficient (Wildman–Crippen LogP) is 4.33. The number of carbonyl (C=O) groups is 2. The lowest BCUT2D eigenvalue weighted by atomic mass is 9.98. The number of rotatable bonds is 5. The molecule has 1 aromatic carbocycles. The topological polar surface area (TPSA) is 55.8 Å². The average Bonchev–Trinajstić information content (AvgIpc) is 2.95. The highest BCUT2D eigenvalue weighted by atomic mass is 28.4. The molecule has 26 heavy (non-hydrogen) atoms. The Kier molecular flexibility index (Phi) is 5.68. The third-order valence-electron chi connectivity index (χ3n) is 5.66. The van der Waals surface area contributed by atoms with Crippen LogP contribution >= 0.6 is 0 Å². The summed E-state index contributed by atoms with van der Waals surface area (Å²) in [6.07, 6.45) is 0.732. The zero-order chi connectivity index (χ0) is 19.9. The number of carbonyl (C=O) groups excluding carboxylic acids is 2. The first-order chi connectivity index (χ1) is 11.9. The van der Waals surface area contributed by atoms with Gasteiger partial charge in [0.25, 0.3) is 0 Å². The SMILES string of the molecule is COc1cc(CO[Si](C)(C)C(C)(C)C)c2c(c1C(C)=O)N(C(C)=O)CC2. The fourth-order valence-corrected chi connectivity index (χ4v) is 4.02. The number of ether oxygens (including phenoxy) is 1. The van der Waals surface area contributed by atoms with E-state index >= 15 is 0 Å². The molecular weight excluding hydrogens is 346 g/mol. The van der Waals surface area contributed by atoms with Crippen LogP contribution in [-0.4, -0.2) is 33.7 Å². The van der Waals surface area contributed by atoms with E-state index in [2.05, 4.69) is 33.9 Å². The maximum Gasteiger partial charge on any atom is 0.223 e. The van der Waals surface area contributed by atoms with Gasteiger partial charge in [-0.1, -0.05) is 20.8 Å². The number of fused-ring (bicyclic) bond motifs is 1. The van der Waals surface area contributed by atoms with Crippen molar-refractivity contribution < 1.29 is 18.8 Å². The largest absolute Gasteiger partial charge is 0.496 e. The Morgan fingerprint density at radius 2 is 1.85 bits per heavy atom. The van der Waals surface area contributed by atoms with Crippen LogP contribution in [-0.2, 0) is 22.2 Å². The molecule has 0 atom stereocenters. The molecular formula is C20H31NO4Si.